The number of nitrogens with zero attached hydrogens (tertiary/aromatic N) is 1. The normalized spacial score (nSPS) is 12.0. The first-order valence-corrected chi connectivity index (χ1v) is 8.06. The van der Waals surface area contributed by atoms with Gasteiger partial charge in [-0.25, -0.2) is 0 Å². The van der Waals surface area contributed by atoms with Gasteiger partial charge in [0.05, 0.1) is 16.2 Å². The topological polar surface area (TPSA) is 51.2 Å². The van der Waals surface area contributed by atoms with E-state index in [1.807, 2.05) is 24.3 Å². The summed E-state index contributed by atoms with van der Waals surface area (Å²) in [6.07, 6.45) is 0.952. The van der Waals surface area contributed by atoms with Crippen molar-refractivity contribution in [1.29, 1.82) is 0 Å². The fourth-order valence-corrected chi connectivity index (χ4v) is 2.71. The first-order chi connectivity index (χ1) is 11.5. The molecule has 0 bridgehead atoms. The van der Waals surface area contributed by atoms with E-state index in [4.69, 9.17) is 27.9 Å². The summed E-state index contributed by atoms with van der Waals surface area (Å²) in [5.74, 6) is 0.110. The summed E-state index contributed by atoms with van der Waals surface area (Å²) in [4.78, 5) is 16.7. The van der Waals surface area contributed by atoms with Gasteiger partial charge in [0, 0.05) is 16.6 Å². The molecule has 3 aromatic rings. The summed E-state index contributed by atoms with van der Waals surface area (Å²) in [5.41, 5.74) is 1.36. The molecule has 1 unspecified atom stereocenters. The number of hydrogen-bond donors (Lipinski definition) is 1. The van der Waals surface area contributed by atoms with Crippen molar-refractivity contribution in [2.75, 3.05) is 5.32 Å². The van der Waals surface area contributed by atoms with Gasteiger partial charge in [0.15, 0.2) is 6.10 Å². The second-order valence-electron chi connectivity index (χ2n) is 5.20. The molecule has 6 heteroatoms. The highest BCUT2D eigenvalue weighted by molar-refractivity contribution is 6.35. The minimum Gasteiger partial charge on any atom is -0.479 e. The maximum Gasteiger partial charge on any atom is 0.265 e. The summed E-state index contributed by atoms with van der Waals surface area (Å²) in [6, 6.07) is 14.2. The van der Waals surface area contributed by atoms with Crippen molar-refractivity contribution in [3.63, 3.8) is 0 Å². The highest BCUT2D eigenvalue weighted by atomic mass is 35.5. The number of para-hydroxylation sites is 1. The number of halogens is 2. The van der Waals surface area contributed by atoms with Crippen LogP contribution >= 0.6 is 23.2 Å². The SMILES string of the molecule is CC(Oc1ccc(Cl)cc1Cl)C(=O)Nc1cccc2cccnc12. The van der Waals surface area contributed by atoms with Gasteiger partial charge in [-0.2, -0.15) is 0 Å². The summed E-state index contributed by atoms with van der Waals surface area (Å²) in [6.45, 7) is 1.65. The molecule has 3 rings (SSSR count). The Hall–Kier alpha value is -2.30. The Labute approximate surface area is 149 Å². The molecule has 0 aliphatic heterocycles. The van der Waals surface area contributed by atoms with Gasteiger partial charge < -0.3 is 10.1 Å². The lowest BCUT2D eigenvalue weighted by Crippen LogP contribution is -2.30. The third-order valence-electron chi connectivity index (χ3n) is 3.46. The second kappa shape index (κ2) is 7.07. The number of carbonyl (C=O) groups excluding carboxylic acids is 1. The van der Waals surface area contributed by atoms with Crippen LogP contribution < -0.4 is 10.1 Å². The van der Waals surface area contributed by atoms with E-state index in [0.29, 0.717) is 21.5 Å². The van der Waals surface area contributed by atoms with Crippen LogP contribution in [0.2, 0.25) is 10.0 Å². The summed E-state index contributed by atoms with van der Waals surface area (Å²) < 4.78 is 5.62. The number of nitrogens with one attached hydrogen (secondary N) is 1. The molecule has 4 nitrogen and oxygen atoms in total. The number of ether oxygens (including phenoxy) is 1. The van der Waals surface area contributed by atoms with Crippen LogP contribution in [0.5, 0.6) is 5.75 Å². The molecule has 1 heterocycles. The van der Waals surface area contributed by atoms with E-state index >= 15 is 0 Å². The number of pyridine rings is 1. The number of aromatic nitrogens is 1. The van der Waals surface area contributed by atoms with Crippen molar-refractivity contribution in [3.05, 3.63) is 64.8 Å². The Kier molecular flexibility index (Phi) is 4.88. The Balaban J connectivity index is 1.76. The molecule has 0 fully saturated rings. The lowest BCUT2D eigenvalue weighted by atomic mass is 10.2. The van der Waals surface area contributed by atoms with Crippen LogP contribution in [0.15, 0.2) is 54.7 Å². The molecule has 0 aliphatic rings. The fraction of sp³-hybridized carbons (Fsp3) is 0.111. The van der Waals surface area contributed by atoms with Gasteiger partial charge in [0.2, 0.25) is 0 Å². The van der Waals surface area contributed by atoms with E-state index in [1.165, 1.54) is 0 Å². The molecule has 0 saturated carbocycles. The van der Waals surface area contributed by atoms with E-state index in [-0.39, 0.29) is 5.91 Å². The van der Waals surface area contributed by atoms with Crippen LogP contribution in [0.1, 0.15) is 6.92 Å². The lowest BCUT2D eigenvalue weighted by Gasteiger charge is -2.16. The number of amides is 1. The molecular formula is C18H14Cl2N2O2. The van der Waals surface area contributed by atoms with Crippen LogP contribution in [-0.2, 0) is 4.79 Å². The van der Waals surface area contributed by atoms with Gasteiger partial charge >= 0.3 is 0 Å². The third kappa shape index (κ3) is 3.61. The van der Waals surface area contributed by atoms with E-state index in [2.05, 4.69) is 10.3 Å². The first-order valence-electron chi connectivity index (χ1n) is 7.31. The van der Waals surface area contributed by atoms with E-state index in [0.717, 1.165) is 10.9 Å². The Bertz CT molecular complexity index is 894. The zero-order valence-corrected chi connectivity index (χ0v) is 14.3. The molecule has 1 N–H and O–H groups in total. The zero-order chi connectivity index (χ0) is 17.1. The molecule has 24 heavy (non-hydrogen) atoms. The Morgan fingerprint density at radius 1 is 1.17 bits per heavy atom. The van der Waals surface area contributed by atoms with E-state index in [1.54, 1.807) is 37.4 Å². The maximum atomic E-state index is 12.4. The molecule has 0 radical (unpaired) electrons. The second-order valence-corrected chi connectivity index (χ2v) is 6.05. The minimum absolute atomic E-state index is 0.292. The van der Waals surface area contributed by atoms with Gasteiger partial charge in [-0.1, -0.05) is 41.4 Å². The number of hydrogen-bond acceptors (Lipinski definition) is 3. The molecule has 1 aromatic heterocycles. The average molecular weight is 361 g/mol. The highest BCUT2D eigenvalue weighted by Crippen LogP contribution is 2.28. The standard InChI is InChI=1S/C18H14Cl2N2O2/c1-11(24-16-8-7-13(19)10-14(16)20)18(23)22-15-6-2-4-12-5-3-9-21-17(12)15/h2-11H,1H3,(H,22,23). The van der Waals surface area contributed by atoms with Gasteiger partial charge in [-0.3, -0.25) is 9.78 Å². The van der Waals surface area contributed by atoms with Crippen LogP contribution in [-0.4, -0.2) is 17.0 Å². The van der Waals surface area contributed by atoms with Crippen molar-refractivity contribution in [1.82, 2.24) is 4.98 Å². The molecule has 0 spiro atoms. The Morgan fingerprint density at radius 2 is 1.96 bits per heavy atom. The third-order valence-corrected chi connectivity index (χ3v) is 3.99. The predicted octanol–water partition coefficient (Wildman–Crippen LogP) is 4.95. The smallest absolute Gasteiger partial charge is 0.265 e. The molecule has 0 aliphatic carbocycles. The number of fused-ring (bicyclic) bond motifs is 1. The predicted molar refractivity (Wildman–Crippen MR) is 96.9 cm³/mol. The molecule has 1 atom stereocenters. The quantitative estimate of drug-likeness (QED) is 0.716. The average Bonchev–Trinajstić information content (AvgIpc) is 2.57. The number of rotatable bonds is 4. The summed E-state index contributed by atoms with van der Waals surface area (Å²) >= 11 is 11.9. The maximum absolute atomic E-state index is 12.4. The number of carbonyl (C=O) groups is 1. The molecule has 1 amide bonds. The molecule has 122 valence electrons. The van der Waals surface area contributed by atoms with Crippen LogP contribution in [0.4, 0.5) is 5.69 Å². The van der Waals surface area contributed by atoms with Crippen LogP contribution in [0, 0.1) is 0 Å². The van der Waals surface area contributed by atoms with Crippen molar-refractivity contribution in [2.45, 2.75) is 13.0 Å². The van der Waals surface area contributed by atoms with Gasteiger partial charge in [0.25, 0.3) is 5.91 Å². The van der Waals surface area contributed by atoms with Crippen LogP contribution in [0.25, 0.3) is 10.9 Å². The van der Waals surface area contributed by atoms with Crippen molar-refractivity contribution in [3.8, 4) is 5.75 Å². The van der Waals surface area contributed by atoms with Gasteiger partial charge in [0.1, 0.15) is 5.75 Å². The minimum atomic E-state index is -0.734. The van der Waals surface area contributed by atoms with Crippen LogP contribution in [0.3, 0.4) is 0 Å². The highest BCUT2D eigenvalue weighted by Gasteiger charge is 2.17. The van der Waals surface area contributed by atoms with Crippen molar-refractivity contribution in [2.24, 2.45) is 0 Å². The van der Waals surface area contributed by atoms with E-state index < -0.39 is 6.10 Å². The van der Waals surface area contributed by atoms with Crippen molar-refractivity contribution < 1.29 is 9.53 Å². The summed E-state index contributed by atoms with van der Waals surface area (Å²) in [5, 5.41) is 4.65. The monoisotopic (exact) mass is 360 g/mol. The van der Waals surface area contributed by atoms with E-state index in [9.17, 15) is 4.79 Å². The summed E-state index contributed by atoms with van der Waals surface area (Å²) in [7, 11) is 0. The number of benzene rings is 2. The zero-order valence-electron chi connectivity index (χ0n) is 12.8. The molecular weight excluding hydrogens is 347 g/mol. The first kappa shape index (κ1) is 16.6. The van der Waals surface area contributed by atoms with Gasteiger partial charge in [-0.05, 0) is 37.3 Å². The number of anilines is 1. The molecule has 0 saturated heterocycles. The van der Waals surface area contributed by atoms with Crippen molar-refractivity contribution >= 4 is 45.7 Å². The largest absolute Gasteiger partial charge is 0.479 e. The lowest BCUT2D eigenvalue weighted by molar-refractivity contribution is -0.122. The van der Waals surface area contributed by atoms with Gasteiger partial charge in [-0.15, -0.1) is 0 Å². The Morgan fingerprint density at radius 3 is 2.75 bits per heavy atom. The molecule has 2 aromatic carbocycles. The fourth-order valence-electron chi connectivity index (χ4n) is 2.25.